The second-order valence-electron chi connectivity index (χ2n) is 6.15. The van der Waals surface area contributed by atoms with E-state index in [1.165, 1.54) is 0 Å². The van der Waals surface area contributed by atoms with Crippen molar-refractivity contribution < 1.29 is 9.90 Å². The third kappa shape index (κ3) is 5.19. The summed E-state index contributed by atoms with van der Waals surface area (Å²) >= 11 is 1.91. The molecule has 1 aliphatic heterocycles. The summed E-state index contributed by atoms with van der Waals surface area (Å²) in [7, 11) is 0. The first kappa shape index (κ1) is 15.8. The van der Waals surface area contributed by atoms with E-state index in [4.69, 9.17) is 0 Å². The monoisotopic (exact) mass is 273 g/mol. The van der Waals surface area contributed by atoms with E-state index in [1.54, 1.807) is 0 Å². The number of thioether (sulfide) groups is 1. The van der Waals surface area contributed by atoms with Crippen molar-refractivity contribution in [2.45, 2.75) is 57.7 Å². The Morgan fingerprint density at radius 2 is 2.11 bits per heavy atom. The quantitative estimate of drug-likeness (QED) is 0.835. The molecule has 2 atom stereocenters. The predicted octanol–water partition coefficient (Wildman–Crippen LogP) is 3.09. The fraction of sp³-hybridized carbons (Fsp3) is 0.929. The van der Waals surface area contributed by atoms with Gasteiger partial charge in [0.25, 0.3) is 0 Å². The number of aliphatic carboxylic acids is 1. The lowest BCUT2D eigenvalue weighted by Gasteiger charge is -2.37. The fourth-order valence-corrected chi connectivity index (χ4v) is 3.39. The molecular weight excluding hydrogens is 246 g/mol. The van der Waals surface area contributed by atoms with Crippen LogP contribution in [0.1, 0.15) is 47.0 Å². The molecule has 4 heteroatoms. The molecule has 18 heavy (non-hydrogen) atoms. The van der Waals surface area contributed by atoms with E-state index in [9.17, 15) is 9.90 Å². The summed E-state index contributed by atoms with van der Waals surface area (Å²) in [6.07, 6.45) is 3.08. The van der Waals surface area contributed by atoms with Gasteiger partial charge in [0.05, 0.1) is 0 Å². The second-order valence-corrected chi connectivity index (χ2v) is 8.07. The molecule has 0 bridgehead atoms. The van der Waals surface area contributed by atoms with Gasteiger partial charge in [0.15, 0.2) is 0 Å². The maximum atomic E-state index is 11.3. The van der Waals surface area contributed by atoms with E-state index in [0.29, 0.717) is 5.92 Å². The molecule has 1 rings (SSSR count). The summed E-state index contributed by atoms with van der Waals surface area (Å²) < 4.78 is 0.264. The average molecular weight is 273 g/mol. The van der Waals surface area contributed by atoms with Gasteiger partial charge in [-0.25, -0.2) is 0 Å². The largest absolute Gasteiger partial charge is 0.480 e. The number of carbonyl (C=O) groups is 1. The van der Waals surface area contributed by atoms with Gasteiger partial charge in [-0.05, 0) is 25.3 Å². The van der Waals surface area contributed by atoms with Gasteiger partial charge < -0.3 is 5.11 Å². The van der Waals surface area contributed by atoms with Gasteiger partial charge in [-0.1, -0.05) is 34.1 Å². The molecule has 106 valence electrons. The van der Waals surface area contributed by atoms with E-state index in [1.807, 2.05) is 11.8 Å². The van der Waals surface area contributed by atoms with Crippen LogP contribution in [0.15, 0.2) is 0 Å². The number of nitrogens with zero attached hydrogens (tertiary/aromatic N) is 1. The number of carboxylic acid groups (broad SMARTS) is 1. The molecule has 2 unspecified atom stereocenters. The van der Waals surface area contributed by atoms with Gasteiger partial charge in [-0.3, -0.25) is 9.69 Å². The average Bonchev–Trinajstić information content (AvgIpc) is 2.27. The zero-order valence-corrected chi connectivity index (χ0v) is 12.9. The van der Waals surface area contributed by atoms with Crippen molar-refractivity contribution in [2.75, 3.05) is 18.8 Å². The van der Waals surface area contributed by atoms with Crippen LogP contribution in [0.2, 0.25) is 0 Å². The number of likely N-dealkylation sites (tertiary alicyclic amines) is 1. The zero-order valence-electron chi connectivity index (χ0n) is 12.1. The maximum Gasteiger partial charge on any atom is 0.320 e. The van der Waals surface area contributed by atoms with Gasteiger partial charge in [0.2, 0.25) is 0 Å². The van der Waals surface area contributed by atoms with Crippen molar-refractivity contribution in [1.82, 2.24) is 4.90 Å². The lowest BCUT2D eigenvalue weighted by molar-refractivity contribution is -0.145. The third-order valence-electron chi connectivity index (χ3n) is 3.60. The van der Waals surface area contributed by atoms with Gasteiger partial charge in [0.1, 0.15) is 6.04 Å². The summed E-state index contributed by atoms with van der Waals surface area (Å²) in [6.45, 7) is 10.6. The summed E-state index contributed by atoms with van der Waals surface area (Å²) in [4.78, 5) is 13.5. The van der Waals surface area contributed by atoms with Crippen molar-refractivity contribution in [2.24, 2.45) is 5.92 Å². The van der Waals surface area contributed by atoms with Crippen molar-refractivity contribution >= 4 is 17.7 Å². The van der Waals surface area contributed by atoms with Crippen molar-refractivity contribution in [3.63, 3.8) is 0 Å². The minimum Gasteiger partial charge on any atom is -0.480 e. The zero-order chi connectivity index (χ0) is 13.8. The SMILES string of the molecule is CCC1CCN(CCSC(C)(C)C)C(C(=O)O)C1. The number of carboxylic acids is 1. The maximum absolute atomic E-state index is 11.3. The molecule has 1 saturated heterocycles. The van der Waals surface area contributed by atoms with Crippen molar-refractivity contribution in [3.8, 4) is 0 Å². The van der Waals surface area contributed by atoms with Crippen LogP contribution in [-0.2, 0) is 4.79 Å². The van der Waals surface area contributed by atoms with E-state index >= 15 is 0 Å². The van der Waals surface area contributed by atoms with Crippen LogP contribution < -0.4 is 0 Å². The van der Waals surface area contributed by atoms with Crippen LogP contribution in [0.4, 0.5) is 0 Å². The molecule has 0 aliphatic carbocycles. The fourth-order valence-electron chi connectivity index (χ4n) is 2.45. The predicted molar refractivity (Wildman–Crippen MR) is 78.2 cm³/mol. The van der Waals surface area contributed by atoms with Crippen LogP contribution in [-0.4, -0.2) is 45.6 Å². The van der Waals surface area contributed by atoms with Crippen LogP contribution in [0, 0.1) is 5.92 Å². The first-order chi connectivity index (χ1) is 8.33. The Bertz CT molecular complexity index is 275. The van der Waals surface area contributed by atoms with Crippen LogP contribution >= 0.6 is 11.8 Å². The summed E-state index contributed by atoms with van der Waals surface area (Å²) in [6, 6.07) is -0.260. The molecule has 1 aliphatic rings. The molecule has 0 amide bonds. The van der Waals surface area contributed by atoms with Crippen molar-refractivity contribution in [3.05, 3.63) is 0 Å². The van der Waals surface area contributed by atoms with E-state index in [0.717, 1.165) is 38.1 Å². The molecule has 0 saturated carbocycles. The van der Waals surface area contributed by atoms with Crippen LogP contribution in [0.25, 0.3) is 0 Å². The molecule has 1 heterocycles. The normalized spacial score (nSPS) is 26.2. The first-order valence-electron chi connectivity index (χ1n) is 6.94. The summed E-state index contributed by atoms with van der Waals surface area (Å²) in [5, 5.41) is 9.33. The van der Waals surface area contributed by atoms with Crippen LogP contribution in [0.5, 0.6) is 0 Å². The smallest absolute Gasteiger partial charge is 0.320 e. The molecule has 0 aromatic heterocycles. The Labute approximate surface area is 115 Å². The number of piperidine rings is 1. The van der Waals surface area contributed by atoms with E-state index in [2.05, 4.69) is 32.6 Å². The third-order valence-corrected chi connectivity index (χ3v) is 4.85. The molecular formula is C14H27NO2S. The van der Waals surface area contributed by atoms with E-state index < -0.39 is 5.97 Å². The van der Waals surface area contributed by atoms with Gasteiger partial charge in [0, 0.05) is 17.0 Å². The second kappa shape index (κ2) is 6.80. The highest BCUT2D eigenvalue weighted by molar-refractivity contribution is 8.00. The topological polar surface area (TPSA) is 40.5 Å². The molecule has 1 fully saturated rings. The van der Waals surface area contributed by atoms with Crippen molar-refractivity contribution in [1.29, 1.82) is 0 Å². The molecule has 0 radical (unpaired) electrons. The Morgan fingerprint density at radius 3 is 2.61 bits per heavy atom. The summed E-state index contributed by atoms with van der Waals surface area (Å²) in [5.41, 5.74) is 0. The van der Waals surface area contributed by atoms with Gasteiger partial charge in [-0.2, -0.15) is 11.8 Å². The molecule has 3 nitrogen and oxygen atoms in total. The summed E-state index contributed by atoms with van der Waals surface area (Å²) in [5.74, 6) is 0.968. The number of rotatable bonds is 5. The van der Waals surface area contributed by atoms with E-state index in [-0.39, 0.29) is 10.8 Å². The van der Waals surface area contributed by atoms with Gasteiger partial charge >= 0.3 is 5.97 Å². The molecule has 1 N–H and O–H groups in total. The Morgan fingerprint density at radius 1 is 1.44 bits per heavy atom. The lowest BCUT2D eigenvalue weighted by Crippen LogP contribution is -2.48. The van der Waals surface area contributed by atoms with Crippen LogP contribution in [0.3, 0.4) is 0 Å². The lowest BCUT2D eigenvalue weighted by atomic mass is 9.89. The van der Waals surface area contributed by atoms with Gasteiger partial charge in [-0.15, -0.1) is 0 Å². The Kier molecular flexibility index (Phi) is 5.99. The number of hydrogen-bond donors (Lipinski definition) is 1. The Balaban J connectivity index is 2.45. The standard InChI is InChI=1S/C14H27NO2S/c1-5-11-6-7-15(12(10-11)13(16)17)8-9-18-14(2,3)4/h11-12H,5-10H2,1-4H3,(H,16,17). The molecule has 0 aromatic carbocycles. The highest BCUT2D eigenvalue weighted by atomic mass is 32.2. The number of hydrogen-bond acceptors (Lipinski definition) is 3. The minimum absolute atomic E-state index is 0.260. The highest BCUT2D eigenvalue weighted by Crippen LogP contribution is 2.27. The minimum atomic E-state index is -0.645. The first-order valence-corrected chi connectivity index (χ1v) is 7.93. The highest BCUT2D eigenvalue weighted by Gasteiger charge is 2.32. The Hall–Kier alpha value is -0.220. The molecule has 0 aromatic rings. The molecule has 0 spiro atoms.